The monoisotopic (exact) mass is 541 g/mol. The molecule has 0 saturated heterocycles. The molecule has 4 aliphatic carbocycles. The molecule has 4 saturated carbocycles. The Labute approximate surface area is 232 Å². The number of rotatable bonds is 7. The minimum atomic E-state index is -3.82. The van der Waals surface area contributed by atoms with Gasteiger partial charge in [0.25, 0.3) is 10.0 Å². The third-order valence-electron chi connectivity index (χ3n) is 12.4. The van der Waals surface area contributed by atoms with Crippen LogP contribution < -0.4 is 4.72 Å². The van der Waals surface area contributed by atoms with E-state index in [1.54, 1.807) is 18.2 Å². The highest BCUT2D eigenvalue weighted by Crippen LogP contribution is 2.69. The summed E-state index contributed by atoms with van der Waals surface area (Å²) in [5.41, 5.74) is 1.78. The van der Waals surface area contributed by atoms with Crippen LogP contribution in [0.25, 0.3) is 0 Å². The van der Waals surface area contributed by atoms with Crippen molar-refractivity contribution in [2.24, 2.45) is 52.3 Å². The van der Waals surface area contributed by atoms with E-state index in [0.29, 0.717) is 22.7 Å². The van der Waals surface area contributed by atoms with Crippen LogP contribution in [0.3, 0.4) is 0 Å². The molecule has 9 atom stereocenters. The number of fused-ring (bicyclic) bond motifs is 5. The molecule has 0 radical (unpaired) electrons. The molecule has 0 spiro atoms. The smallest absolute Gasteiger partial charge is 0.264 e. The molecule has 4 aliphatic rings. The van der Waals surface area contributed by atoms with Gasteiger partial charge in [0.15, 0.2) is 0 Å². The van der Waals surface area contributed by atoms with E-state index in [2.05, 4.69) is 32.4 Å². The fraction of sp³-hybridized carbons (Fsp3) is 0.788. The summed E-state index contributed by atoms with van der Waals surface area (Å²) < 4.78 is 27.8. The Balaban J connectivity index is 1.24. The number of carbonyl (C=O) groups is 1. The summed E-state index contributed by atoms with van der Waals surface area (Å²) in [4.78, 5) is 12.9. The predicted molar refractivity (Wildman–Crippen MR) is 154 cm³/mol. The summed E-state index contributed by atoms with van der Waals surface area (Å²) in [6.45, 7) is 11.9. The molecule has 1 N–H and O–H groups in total. The summed E-state index contributed by atoms with van der Waals surface area (Å²) in [6.07, 6.45) is 14.9. The first-order valence-electron chi connectivity index (χ1n) is 15.6. The number of hydrogen-bond acceptors (Lipinski definition) is 3. The average Bonchev–Trinajstić information content (AvgIpc) is 3.23. The van der Waals surface area contributed by atoms with Gasteiger partial charge >= 0.3 is 0 Å². The highest BCUT2D eigenvalue weighted by atomic mass is 32.2. The second-order valence-electron chi connectivity index (χ2n) is 14.2. The molecular weight excluding hydrogens is 490 g/mol. The van der Waals surface area contributed by atoms with Crippen molar-refractivity contribution in [3.8, 4) is 0 Å². The maximum Gasteiger partial charge on any atom is 0.264 e. The van der Waals surface area contributed by atoms with E-state index >= 15 is 0 Å². The van der Waals surface area contributed by atoms with Crippen LogP contribution in [0.2, 0.25) is 0 Å². The number of nitrogens with one attached hydrogen (secondary N) is 1. The molecule has 1 aromatic rings. The van der Waals surface area contributed by atoms with Gasteiger partial charge < -0.3 is 0 Å². The first kappa shape index (κ1) is 28.2. The third kappa shape index (κ3) is 4.88. The zero-order chi connectivity index (χ0) is 27.3. The van der Waals surface area contributed by atoms with Crippen LogP contribution >= 0.6 is 0 Å². The number of sulfonamides is 1. The molecule has 1 aromatic carbocycles. The van der Waals surface area contributed by atoms with Gasteiger partial charge in [-0.25, -0.2) is 13.1 Å². The van der Waals surface area contributed by atoms with E-state index in [0.717, 1.165) is 41.6 Å². The molecule has 38 heavy (non-hydrogen) atoms. The van der Waals surface area contributed by atoms with Gasteiger partial charge in [-0.15, -0.1) is 0 Å². The first-order chi connectivity index (χ1) is 18.0. The number of benzene rings is 1. The summed E-state index contributed by atoms with van der Waals surface area (Å²) in [5, 5.41) is 0. The highest BCUT2D eigenvalue weighted by Gasteiger charge is 2.61. The normalized spacial score (nSPS) is 39.5. The molecular formula is C33H51NO3S. The summed E-state index contributed by atoms with van der Waals surface area (Å²) in [7, 11) is -3.82. The Kier molecular flexibility index (Phi) is 7.83. The van der Waals surface area contributed by atoms with Gasteiger partial charge in [0.2, 0.25) is 5.91 Å². The molecule has 0 aromatic heterocycles. The molecule has 4 fully saturated rings. The van der Waals surface area contributed by atoms with Crippen molar-refractivity contribution in [1.29, 1.82) is 0 Å². The van der Waals surface area contributed by atoms with Crippen molar-refractivity contribution in [1.82, 2.24) is 4.72 Å². The van der Waals surface area contributed by atoms with Gasteiger partial charge in [0.05, 0.1) is 4.90 Å². The molecule has 4 nitrogen and oxygen atoms in total. The van der Waals surface area contributed by atoms with E-state index in [4.69, 9.17) is 0 Å². The second-order valence-corrected chi connectivity index (χ2v) is 15.9. The number of amides is 1. The van der Waals surface area contributed by atoms with E-state index < -0.39 is 10.0 Å². The van der Waals surface area contributed by atoms with Crippen LogP contribution in [-0.2, 0) is 14.8 Å². The summed E-state index contributed by atoms with van der Waals surface area (Å²) in [5.74, 6) is 5.12. The first-order valence-corrected chi connectivity index (χ1v) is 17.1. The molecule has 0 heterocycles. The van der Waals surface area contributed by atoms with Crippen LogP contribution in [-0.4, -0.2) is 14.3 Å². The zero-order valence-electron chi connectivity index (χ0n) is 24.5. The van der Waals surface area contributed by atoms with Crippen molar-refractivity contribution in [3.05, 3.63) is 29.8 Å². The van der Waals surface area contributed by atoms with Crippen LogP contribution in [0.15, 0.2) is 29.2 Å². The van der Waals surface area contributed by atoms with Gasteiger partial charge in [-0.3, -0.25) is 4.79 Å². The number of aryl methyl sites for hydroxylation is 1. The van der Waals surface area contributed by atoms with Gasteiger partial charge in [-0.2, -0.15) is 0 Å². The molecule has 0 aliphatic heterocycles. The fourth-order valence-corrected chi connectivity index (χ4v) is 11.7. The van der Waals surface area contributed by atoms with Gasteiger partial charge in [0, 0.05) is 6.42 Å². The lowest BCUT2D eigenvalue weighted by Crippen LogP contribution is -2.55. The van der Waals surface area contributed by atoms with Crippen LogP contribution in [0, 0.1) is 59.2 Å². The largest absolute Gasteiger partial charge is 0.274 e. The standard InChI is InChI=1S/C33H51NO3S/c1-6-24-21-26-29-15-14-27(33(29,5)19-17-30(26)32(4)18-8-7-12-28(24)32)23(3)13-16-31(35)34-38(36,37)25-11-9-10-22(2)20-25/h9-11,20,23-24,26-30H,6-8,12-19,21H2,1-5H3,(H,34,35)/t23-,24+,26?,27-,28+,29?,30?,32+,33-/m1/s1. The van der Waals surface area contributed by atoms with E-state index in [1.165, 1.54) is 64.2 Å². The SMILES string of the molecule is CC[C@H]1CC2C3CC[C@H]([C@H](C)CCC(=O)NS(=O)(=O)c4cccc(C)c4)[C@@]3(C)CCC2[C@@]2(C)CCCC[C@@H]12. The Bertz CT molecular complexity index is 1130. The van der Waals surface area contributed by atoms with Crippen molar-refractivity contribution in [2.75, 3.05) is 0 Å². The van der Waals surface area contributed by atoms with E-state index in [9.17, 15) is 13.2 Å². The Hall–Kier alpha value is -1.36. The fourth-order valence-electron chi connectivity index (χ4n) is 10.6. The molecule has 5 heteroatoms. The molecule has 212 valence electrons. The van der Waals surface area contributed by atoms with E-state index in [-0.39, 0.29) is 17.2 Å². The molecule has 1 amide bonds. The zero-order valence-corrected chi connectivity index (χ0v) is 25.3. The van der Waals surface area contributed by atoms with Crippen LogP contribution in [0.5, 0.6) is 0 Å². The molecule has 0 bridgehead atoms. The van der Waals surface area contributed by atoms with Crippen molar-refractivity contribution >= 4 is 15.9 Å². The summed E-state index contributed by atoms with van der Waals surface area (Å²) in [6, 6.07) is 6.73. The minimum Gasteiger partial charge on any atom is -0.274 e. The minimum absolute atomic E-state index is 0.161. The van der Waals surface area contributed by atoms with Gasteiger partial charge in [0.1, 0.15) is 0 Å². The highest BCUT2D eigenvalue weighted by molar-refractivity contribution is 7.90. The van der Waals surface area contributed by atoms with Gasteiger partial charge in [-0.05, 0) is 128 Å². The Morgan fingerprint density at radius 2 is 1.79 bits per heavy atom. The average molecular weight is 542 g/mol. The van der Waals surface area contributed by atoms with Crippen LogP contribution in [0.1, 0.15) is 110 Å². The molecule has 5 rings (SSSR count). The van der Waals surface area contributed by atoms with Crippen molar-refractivity contribution in [2.45, 2.75) is 117 Å². The van der Waals surface area contributed by atoms with Crippen LogP contribution in [0.4, 0.5) is 0 Å². The lowest BCUT2D eigenvalue weighted by molar-refractivity contribution is -0.138. The lowest BCUT2D eigenvalue weighted by atomic mass is 9.42. The maximum atomic E-state index is 12.7. The molecule has 3 unspecified atom stereocenters. The Morgan fingerprint density at radius 1 is 1.03 bits per heavy atom. The topological polar surface area (TPSA) is 63.2 Å². The third-order valence-corrected chi connectivity index (χ3v) is 13.8. The maximum absolute atomic E-state index is 12.7. The number of hydrogen-bond donors (Lipinski definition) is 1. The predicted octanol–water partition coefficient (Wildman–Crippen LogP) is 7.90. The van der Waals surface area contributed by atoms with Crippen molar-refractivity contribution < 1.29 is 13.2 Å². The van der Waals surface area contributed by atoms with Gasteiger partial charge in [-0.1, -0.05) is 59.1 Å². The lowest BCUT2D eigenvalue weighted by Gasteiger charge is -2.63. The second kappa shape index (κ2) is 10.6. The summed E-state index contributed by atoms with van der Waals surface area (Å²) >= 11 is 0. The quantitative estimate of drug-likeness (QED) is 0.382. The number of carbonyl (C=O) groups excluding carboxylic acids is 1. The van der Waals surface area contributed by atoms with E-state index in [1.807, 2.05) is 13.0 Å². The Morgan fingerprint density at radius 3 is 2.53 bits per heavy atom. The van der Waals surface area contributed by atoms with Crippen molar-refractivity contribution in [3.63, 3.8) is 0 Å².